The molecule has 2 rings (SSSR count). The molecule has 0 radical (unpaired) electrons. The van der Waals surface area contributed by atoms with Gasteiger partial charge >= 0.3 is 5.97 Å². The van der Waals surface area contributed by atoms with Crippen LogP contribution in [0.5, 0.6) is 11.5 Å². The molecule has 86 valence electrons. The molecule has 16 heavy (non-hydrogen) atoms. The lowest BCUT2D eigenvalue weighted by Gasteiger charge is -2.12. The van der Waals surface area contributed by atoms with E-state index < -0.39 is 18.1 Å². The van der Waals surface area contributed by atoms with E-state index in [1.54, 1.807) is 6.07 Å². The zero-order valence-corrected chi connectivity index (χ0v) is 8.64. The fraction of sp³-hybridized carbons (Fsp3) is 0.364. The Kier molecular flexibility index (Phi) is 2.68. The Morgan fingerprint density at radius 2 is 2.44 bits per heavy atom. The Balaban J connectivity index is 2.26. The van der Waals surface area contributed by atoms with Crippen LogP contribution in [0.1, 0.15) is 11.5 Å². The van der Waals surface area contributed by atoms with Crippen molar-refractivity contribution in [1.82, 2.24) is 0 Å². The van der Waals surface area contributed by atoms with E-state index >= 15 is 0 Å². The van der Waals surface area contributed by atoms with Crippen LogP contribution >= 0.6 is 0 Å². The average molecular weight is 226 g/mol. The lowest BCUT2D eigenvalue weighted by atomic mass is 9.96. The SMILES string of the molecule is COC(=O)C(F)C1COc2cc(O)ccc21. The molecule has 0 saturated heterocycles. The molecule has 1 heterocycles. The number of phenolic OH excluding ortho intramolecular Hbond substituents is 1. The van der Waals surface area contributed by atoms with Gasteiger partial charge in [-0.15, -0.1) is 0 Å². The number of halogens is 1. The third kappa shape index (κ3) is 1.68. The fourth-order valence-corrected chi connectivity index (χ4v) is 1.74. The first-order valence-electron chi connectivity index (χ1n) is 4.81. The van der Waals surface area contributed by atoms with E-state index in [0.29, 0.717) is 11.3 Å². The maximum atomic E-state index is 13.7. The Morgan fingerprint density at radius 3 is 3.12 bits per heavy atom. The van der Waals surface area contributed by atoms with Gasteiger partial charge in [-0.1, -0.05) is 6.07 Å². The van der Waals surface area contributed by atoms with Gasteiger partial charge in [-0.25, -0.2) is 9.18 Å². The number of esters is 1. The molecule has 1 aliphatic rings. The minimum atomic E-state index is -1.74. The van der Waals surface area contributed by atoms with Crippen LogP contribution in [0.25, 0.3) is 0 Å². The van der Waals surface area contributed by atoms with Gasteiger partial charge in [0.05, 0.1) is 19.6 Å². The number of alkyl halides is 1. The van der Waals surface area contributed by atoms with Crippen LogP contribution in [0.3, 0.4) is 0 Å². The number of carbonyl (C=O) groups excluding carboxylic acids is 1. The van der Waals surface area contributed by atoms with E-state index in [1.165, 1.54) is 12.1 Å². The average Bonchev–Trinajstić information content (AvgIpc) is 2.69. The van der Waals surface area contributed by atoms with E-state index in [-0.39, 0.29) is 12.4 Å². The molecule has 5 heteroatoms. The van der Waals surface area contributed by atoms with Crippen molar-refractivity contribution in [2.45, 2.75) is 12.1 Å². The molecule has 1 N–H and O–H groups in total. The van der Waals surface area contributed by atoms with Crippen molar-refractivity contribution < 1.29 is 23.8 Å². The number of carbonyl (C=O) groups is 1. The third-order valence-corrected chi connectivity index (χ3v) is 2.59. The number of hydrogen-bond donors (Lipinski definition) is 1. The molecule has 1 aromatic carbocycles. The molecule has 0 saturated carbocycles. The standard InChI is InChI=1S/C11H11FO4/c1-15-11(14)10(12)8-5-16-9-4-6(13)2-3-7(8)9/h2-4,8,10,13H,5H2,1H3. The number of aromatic hydroxyl groups is 1. The molecule has 0 aliphatic carbocycles. The Labute approximate surface area is 91.6 Å². The number of phenols is 1. The third-order valence-electron chi connectivity index (χ3n) is 2.59. The molecule has 1 aliphatic heterocycles. The topological polar surface area (TPSA) is 55.8 Å². The summed E-state index contributed by atoms with van der Waals surface area (Å²) < 4.78 is 23.2. The van der Waals surface area contributed by atoms with E-state index in [2.05, 4.69) is 4.74 Å². The van der Waals surface area contributed by atoms with Crippen LogP contribution in [0.2, 0.25) is 0 Å². The number of fused-ring (bicyclic) bond motifs is 1. The Hall–Kier alpha value is -1.78. The first-order chi connectivity index (χ1) is 7.63. The van der Waals surface area contributed by atoms with Crippen LogP contribution in [-0.2, 0) is 9.53 Å². The van der Waals surface area contributed by atoms with E-state index in [0.717, 1.165) is 7.11 Å². The van der Waals surface area contributed by atoms with Gasteiger partial charge in [-0.05, 0) is 6.07 Å². The number of rotatable bonds is 2. The van der Waals surface area contributed by atoms with Crippen molar-refractivity contribution in [3.63, 3.8) is 0 Å². The largest absolute Gasteiger partial charge is 0.508 e. The highest BCUT2D eigenvalue weighted by molar-refractivity contribution is 5.76. The molecule has 1 aromatic rings. The van der Waals surface area contributed by atoms with Crippen molar-refractivity contribution in [3.05, 3.63) is 23.8 Å². The molecule has 2 atom stereocenters. The summed E-state index contributed by atoms with van der Waals surface area (Å²) in [6.45, 7) is 0.0784. The van der Waals surface area contributed by atoms with Gasteiger partial charge in [0.15, 0.2) is 0 Å². The second-order valence-corrected chi connectivity index (χ2v) is 3.56. The normalized spacial score (nSPS) is 19.8. The highest BCUT2D eigenvalue weighted by Gasteiger charge is 2.36. The van der Waals surface area contributed by atoms with Gasteiger partial charge in [0.25, 0.3) is 0 Å². The fourth-order valence-electron chi connectivity index (χ4n) is 1.74. The molecule has 0 spiro atoms. The Bertz CT molecular complexity index is 418. The number of benzene rings is 1. The molecule has 0 fully saturated rings. The lowest BCUT2D eigenvalue weighted by Crippen LogP contribution is -2.26. The molecule has 0 bridgehead atoms. The van der Waals surface area contributed by atoms with E-state index in [9.17, 15) is 14.3 Å². The second-order valence-electron chi connectivity index (χ2n) is 3.56. The van der Waals surface area contributed by atoms with Crippen LogP contribution in [-0.4, -0.2) is 31.0 Å². The van der Waals surface area contributed by atoms with Crippen molar-refractivity contribution in [3.8, 4) is 11.5 Å². The number of hydrogen-bond acceptors (Lipinski definition) is 4. The quantitative estimate of drug-likeness (QED) is 0.774. The molecule has 4 nitrogen and oxygen atoms in total. The van der Waals surface area contributed by atoms with Crippen LogP contribution in [0.15, 0.2) is 18.2 Å². The van der Waals surface area contributed by atoms with Gasteiger partial charge in [0.2, 0.25) is 6.17 Å². The van der Waals surface area contributed by atoms with Gasteiger partial charge in [-0.2, -0.15) is 0 Å². The van der Waals surface area contributed by atoms with E-state index in [1.807, 2.05) is 0 Å². The summed E-state index contributed by atoms with van der Waals surface area (Å²) in [5, 5.41) is 9.21. The summed E-state index contributed by atoms with van der Waals surface area (Å²) in [6.07, 6.45) is -1.74. The van der Waals surface area contributed by atoms with Gasteiger partial charge in [-0.3, -0.25) is 0 Å². The van der Waals surface area contributed by atoms with Crippen molar-refractivity contribution in [2.24, 2.45) is 0 Å². The van der Waals surface area contributed by atoms with Crippen LogP contribution in [0.4, 0.5) is 4.39 Å². The highest BCUT2D eigenvalue weighted by Crippen LogP contribution is 2.39. The minimum Gasteiger partial charge on any atom is -0.508 e. The summed E-state index contributed by atoms with van der Waals surface area (Å²) >= 11 is 0. The van der Waals surface area contributed by atoms with Crippen LogP contribution < -0.4 is 4.74 Å². The summed E-state index contributed by atoms with van der Waals surface area (Å²) in [6, 6.07) is 4.39. The molecule has 0 aromatic heterocycles. The zero-order chi connectivity index (χ0) is 11.7. The van der Waals surface area contributed by atoms with Crippen molar-refractivity contribution >= 4 is 5.97 Å². The van der Waals surface area contributed by atoms with Gasteiger partial charge in [0.1, 0.15) is 11.5 Å². The van der Waals surface area contributed by atoms with Crippen LogP contribution in [0, 0.1) is 0 Å². The smallest absolute Gasteiger partial charge is 0.341 e. The monoisotopic (exact) mass is 226 g/mol. The minimum absolute atomic E-state index is 0.0490. The highest BCUT2D eigenvalue weighted by atomic mass is 19.1. The summed E-state index contributed by atoms with van der Waals surface area (Å²) in [4.78, 5) is 11.1. The predicted octanol–water partition coefficient (Wildman–Crippen LogP) is 1.38. The first kappa shape index (κ1) is 10.7. The summed E-state index contributed by atoms with van der Waals surface area (Å²) in [5.74, 6) is -1.11. The second kappa shape index (κ2) is 4.00. The molecule has 0 amide bonds. The zero-order valence-electron chi connectivity index (χ0n) is 8.64. The van der Waals surface area contributed by atoms with Gasteiger partial charge in [0, 0.05) is 11.6 Å². The maximum absolute atomic E-state index is 13.7. The van der Waals surface area contributed by atoms with Gasteiger partial charge < -0.3 is 14.6 Å². The summed E-state index contributed by atoms with van der Waals surface area (Å²) in [5.41, 5.74) is 0.579. The number of ether oxygens (including phenoxy) is 2. The van der Waals surface area contributed by atoms with E-state index in [4.69, 9.17) is 4.74 Å². The maximum Gasteiger partial charge on any atom is 0.341 e. The lowest BCUT2D eigenvalue weighted by molar-refractivity contribution is -0.147. The first-order valence-corrected chi connectivity index (χ1v) is 4.81. The predicted molar refractivity (Wildman–Crippen MR) is 53.3 cm³/mol. The molecular weight excluding hydrogens is 215 g/mol. The molecule has 2 unspecified atom stereocenters. The molecular formula is C11H11FO4. The Morgan fingerprint density at radius 1 is 1.69 bits per heavy atom. The number of methoxy groups -OCH3 is 1. The van der Waals surface area contributed by atoms with Crippen molar-refractivity contribution in [2.75, 3.05) is 13.7 Å². The summed E-state index contributed by atoms with van der Waals surface area (Å²) in [7, 11) is 1.14. The van der Waals surface area contributed by atoms with Crippen molar-refractivity contribution in [1.29, 1.82) is 0 Å².